The Morgan fingerprint density at radius 1 is 0.590 bits per heavy atom. The van der Waals surface area contributed by atoms with E-state index in [0.717, 1.165) is 57.8 Å². The zero-order valence-corrected chi connectivity index (χ0v) is 41.0. The molecule has 0 saturated carbocycles. The number of carbonyl (C=O) groups is 1. The van der Waals surface area contributed by atoms with Gasteiger partial charge in [0.15, 0.2) is 0 Å². The number of phosphoric ester groups is 1. The third kappa shape index (κ3) is 45.8. The average Bonchev–Trinajstić information content (AvgIpc) is 3.21. The van der Waals surface area contributed by atoms with Crippen molar-refractivity contribution in [1.29, 1.82) is 0 Å². The largest absolute Gasteiger partial charge is 0.756 e. The molecule has 0 aliphatic heterocycles. The van der Waals surface area contributed by atoms with Crippen LogP contribution >= 0.6 is 7.82 Å². The molecule has 0 fully saturated rings. The molecule has 1 amide bonds. The van der Waals surface area contributed by atoms with Crippen LogP contribution in [0.3, 0.4) is 0 Å². The normalized spacial score (nSPS) is 14.8. The van der Waals surface area contributed by atoms with Crippen LogP contribution in [0.5, 0.6) is 0 Å². The van der Waals surface area contributed by atoms with Gasteiger partial charge in [-0.25, -0.2) is 0 Å². The molecule has 354 valence electrons. The molecule has 0 saturated heterocycles. The van der Waals surface area contributed by atoms with E-state index in [1.165, 1.54) is 116 Å². The van der Waals surface area contributed by atoms with Crippen molar-refractivity contribution in [2.75, 3.05) is 40.9 Å². The zero-order chi connectivity index (χ0) is 45.0. The topological polar surface area (TPSA) is 108 Å². The molecule has 0 aromatic rings. The molecule has 3 atom stereocenters. The molecule has 0 aromatic heterocycles. The zero-order valence-electron chi connectivity index (χ0n) is 40.1. The van der Waals surface area contributed by atoms with E-state index in [9.17, 15) is 19.4 Å². The Balaban J connectivity index is 4.42. The van der Waals surface area contributed by atoms with Crippen LogP contribution in [0, 0.1) is 0 Å². The number of unbranched alkanes of at least 4 members (excludes halogenated alkanes) is 21. The Hall–Kier alpha value is -2.06. The van der Waals surface area contributed by atoms with Gasteiger partial charge in [0.25, 0.3) is 7.82 Å². The fourth-order valence-corrected chi connectivity index (χ4v) is 7.50. The molecule has 0 aromatic carbocycles. The van der Waals surface area contributed by atoms with Crippen molar-refractivity contribution < 1.29 is 32.9 Å². The van der Waals surface area contributed by atoms with Gasteiger partial charge in [-0.1, -0.05) is 209 Å². The van der Waals surface area contributed by atoms with Crippen LogP contribution in [0.15, 0.2) is 72.9 Å². The van der Waals surface area contributed by atoms with Crippen molar-refractivity contribution in [1.82, 2.24) is 5.32 Å². The van der Waals surface area contributed by atoms with Crippen molar-refractivity contribution in [3.63, 3.8) is 0 Å². The van der Waals surface area contributed by atoms with E-state index in [-0.39, 0.29) is 18.9 Å². The van der Waals surface area contributed by atoms with E-state index >= 15 is 0 Å². The summed E-state index contributed by atoms with van der Waals surface area (Å²) >= 11 is 0. The van der Waals surface area contributed by atoms with Gasteiger partial charge in [0.2, 0.25) is 5.91 Å². The van der Waals surface area contributed by atoms with Crippen LogP contribution in [0.1, 0.15) is 200 Å². The van der Waals surface area contributed by atoms with Gasteiger partial charge in [-0.15, -0.1) is 0 Å². The Morgan fingerprint density at radius 2 is 1.00 bits per heavy atom. The highest BCUT2D eigenvalue weighted by atomic mass is 31.2. The fourth-order valence-electron chi connectivity index (χ4n) is 6.78. The Labute approximate surface area is 376 Å². The SMILES string of the molecule is CC/C=C\C/C=C\C/C=C\C/C=C\C/C=C\CCCC(=O)NC(COP(=O)([O-])OCC[N+](C)(C)C)C(O)/C=C/CCCCCCCCCCCCCCCCCCCCCC. The van der Waals surface area contributed by atoms with Gasteiger partial charge in [-0.05, 0) is 57.8 Å². The third-order valence-electron chi connectivity index (χ3n) is 10.7. The molecule has 3 unspecified atom stereocenters. The molecule has 0 spiro atoms. The summed E-state index contributed by atoms with van der Waals surface area (Å²) in [5, 5.41) is 13.8. The summed E-state index contributed by atoms with van der Waals surface area (Å²) in [5.74, 6) is -0.255. The van der Waals surface area contributed by atoms with Crippen LogP contribution in [0.25, 0.3) is 0 Å². The van der Waals surface area contributed by atoms with Gasteiger partial charge in [0.05, 0.1) is 39.9 Å². The lowest BCUT2D eigenvalue weighted by Crippen LogP contribution is -2.45. The molecule has 0 radical (unpaired) electrons. The average molecular weight is 875 g/mol. The van der Waals surface area contributed by atoms with Crippen LogP contribution < -0.4 is 10.2 Å². The molecule has 0 heterocycles. The summed E-state index contributed by atoms with van der Waals surface area (Å²) in [6, 6.07) is -0.920. The third-order valence-corrected chi connectivity index (χ3v) is 11.6. The molecule has 0 aliphatic rings. The van der Waals surface area contributed by atoms with Crippen molar-refractivity contribution in [2.24, 2.45) is 0 Å². The smallest absolute Gasteiger partial charge is 0.268 e. The van der Waals surface area contributed by atoms with Crippen LogP contribution in [0.2, 0.25) is 0 Å². The first-order valence-electron chi connectivity index (χ1n) is 24.8. The number of hydrogen-bond donors (Lipinski definition) is 2. The first kappa shape index (κ1) is 58.9. The van der Waals surface area contributed by atoms with E-state index in [4.69, 9.17) is 9.05 Å². The molecule has 0 bridgehead atoms. The van der Waals surface area contributed by atoms with Crippen LogP contribution in [0.4, 0.5) is 0 Å². The summed E-state index contributed by atoms with van der Waals surface area (Å²) in [6.07, 6.45) is 58.3. The molecule has 9 heteroatoms. The maximum Gasteiger partial charge on any atom is 0.268 e. The van der Waals surface area contributed by atoms with Crippen molar-refractivity contribution in [3.8, 4) is 0 Å². The minimum absolute atomic E-state index is 0.0148. The highest BCUT2D eigenvalue weighted by Crippen LogP contribution is 2.38. The highest BCUT2D eigenvalue weighted by molar-refractivity contribution is 7.45. The van der Waals surface area contributed by atoms with Gasteiger partial charge in [-0.3, -0.25) is 9.36 Å². The van der Waals surface area contributed by atoms with Crippen molar-refractivity contribution in [2.45, 2.75) is 212 Å². The number of aliphatic hydroxyl groups excluding tert-OH is 1. The second kappa shape index (κ2) is 43.2. The van der Waals surface area contributed by atoms with Crippen LogP contribution in [-0.2, 0) is 18.4 Å². The molecule has 8 nitrogen and oxygen atoms in total. The first-order valence-corrected chi connectivity index (χ1v) is 26.3. The molecular formula is C52H95N2O6P. The number of nitrogens with zero attached hydrogens (tertiary/aromatic N) is 1. The van der Waals surface area contributed by atoms with Gasteiger partial charge in [0, 0.05) is 6.42 Å². The van der Waals surface area contributed by atoms with Gasteiger partial charge < -0.3 is 28.8 Å². The molecule has 2 N–H and O–H groups in total. The number of carbonyl (C=O) groups excluding carboxylic acids is 1. The Kier molecular flexibility index (Phi) is 41.7. The number of nitrogens with one attached hydrogen (secondary N) is 1. The van der Waals surface area contributed by atoms with E-state index < -0.39 is 26.6 Å². The van der Waals surface area contributed by atoms with E-state index in [0.29, 0.717) is 17.4 Å². The predicted octanol–water partition coefficient (Wildman–Crippen LogP) is 13.7. The predicted molar refractivity (Wildman–Crippen MR) is 260 cm³/mol. The summed E-state index contributed by atoms with van der Waals surface area (Å²) in [7, 11) is 1.22. The lowest BCUT2D eigenvalue weighted by Gasteiger charge is -2.29. The summed E-state index contributed by atoms with van der Waals surface area (Å²) < 4.78 is 23.2. The van der Waals surface area contributed by atoms with Crippen molar-refractivity contribution in [3.05, 3.63) is 72.9 Å². The van der Waals surface area contributed by atoms with Gasteiger partial charge >= 0.3 is 0 Å². The van der Waals surface area contributed by atoms with E-state index in [1.54, 1.807) is 6.08 Å². The quantitative estimate of drug-likeness (QED) is 0.0273. The maximum atomic E-state index is 12.9. The number of allylic oxidation sites excluding steroid dienone is 11. The fraction of sp³-hybridized carbons (Fsp3) is 0.750. The molecule has 0 aliphatic carbocycles. The Bertz CT molecular complexity index is 1220. The van der Waals surface area contributed by atoms with E-state index in [1.807, 2.05) is 27.2 Å². The molecular weight excluding hydrogens is 780 g/mol. The standard InChI is InChI=1S/C52H95N2O6P/c1-6-8-10-12-14-16-18-20-22-24-25-26-27-28-30-31-33-35-37-39-41-43-45-51(55)50(49-60-61(57,58)59-48-47-54(3,4)5)53-52(56)46-44-42-40-38-36-34-32-29-23-21-19-17-15-13-11-9-7-2/h9,11,15,17,21,23,32,34,38,40,43,45,50-51,55H,6-8,10,12-14,16,18-20,22,24-31,33,35-37,39,41-42,44,46-49H2,1-5H3,(H-,53,56,57,58)/b11-9-,17-15-,23-21-,34-32-,40-38-,45-43+. The minimum atomic E-state index is -4.61. The van der Waals surface area contributed by atoms with Crippen molar-refractivity contribution >= 4 is 13.7 Å². The monoisotopic (exact) mass is 875 g/mol. The van der Waals surface area contributed by atoms with Gasteiger partial charge in [0.1, 0.15) is 13.2 Å². The summed E-state index contributed by atoms with van der Waals surface area (Å²) in [6.45, 7) is 4.49. The molecule has 61 heavy (non-hydrogen) atoms. The number of hydrogen-bond acceptors (Lipinski definition) is 6. The number of quaternary nitrogens is 1. The van der Waals surface area contributed by atoms with Gasteiger partial charge in [-0.2, -0.15) is 0 Å². The number of aliphatic hydroxyl groups is 1. The lowest BCUT2D eigenvalue weighted by atomic mass is 10.0. The molecule has 0 rings (SSSR count). The minimum Gasteiger partial charge on any atom is -0.756 e. The second-order valence-corrected chi connectivity index (χ2v) is 19.2. The summed E-state index contributed by atoms with van der Waals surface area (Å²) in [5.41, 5.74) is 0. The highest BCUT2D eigenvalue weighted by Gasteiger charge is 2.23. The number of rotatable bonds is 44. The number of amides is 1. The number of phosphoric acid groups is 1. The summed E-state index contributed by atoms with van der Waals surface area (Å²) in [4.78, 5) is 25.3. The maximum absolute atomic E-state index is 12.9. The lowest BCUT2D eigenvalue weighted by molar-refractivity contribution is -0.870. The van der Waals surface area contributed by atoms with Crippen LogP contribution in [-0.4, -0.2) is 68.5 Å². The Morgan fingerprint density at radius 3 is 1.44 bits per heavy atom. The van der Waals surface area contributed by atoms with E-state index in [2.05, 4.69) is 79.9 Å². The second-order valence-electron chi connectivity index (χ2n) is 17.8. The number of likely N-dealkylation sites (N-methyl/N-ethyl adjacent to an activating group) is 1. The first-order chi connectivity index (χ1) is 29.5.